The standard InChI is InChI=1S/C15H18FNO3/c16-12-3-1-11(2-4-12)15(5-7-20-8-6-15)14(19)17-9-13(18)10-17/h1-4,13,18H,5-10H2. The lowest BCUT2D eigenvalue weighted by Crippen LogP contribution is -2.60. The zero-order valence-electron chi connectivity index (χ0n) is 11.2. The van der Waals surface area contributed by atoms with Crippen molar-refractivity contribution in [2.75, 3.05) is 26.3 Å². The van der Waals surface area contributed by atoms with E-state index in [1.54, 1.807) is 17.0 Å². The molecule has 4 nitrogen and oxygen atoms in total. The Labute approximate surface area is 117 Å². The summed E-state index contributed by atoms with van der Waals surface area (Å²) in [5.74, 6) is -0.277. The van der Waals surface area contributed by atoms with Crippen LogP contribution in [-0.2, 0) is 14.9 Å². The molecule has 2 aliphatic rings. The number of rotatable bonds is 2. The van der Waals surface area contributed by atoms with Gasteiger partial charge in [0.05, 0.1) is 11.5 Å². The third-order valence-corrected chi connectivity index (χ3v) is 4.30. The van der Waals surface area contributed by atoms with Crippen LogP contribution in [0.15, 0.2) is 24.3 Å². The lowest BCUT2D eigenvalue weighted by atomic mass is 9.72. The number of likely N-dealkylation sites (tertiary alicyclic amines) is 1. The average molecular weight is 279 g/mol. The zero-order chi connectivity index (χ0) is 14.2. The Balaban J connectivity index is 1.91. The molecule has 0 radical (unpaired) electrons. The van der Waals surface area contributed by atoms with E-state index < -0.39 is 11.5 Å². The van der Waals surface area contributed by atoms with Crippen LogP contribution in [0.4, 0.5) is 4.39 Å². The van der Waals surface area contributed by atoms with Crippen molar-refractivity contribution in [2.24, 2.45) is 0 Å². The van der Waals surface area contributed by atoms with E-state index in [0.717, 1.165) is 5.56 Å². The van der Waals surface area contributed by atoms with Gasteiger partial charge < -0.3 is 14.7 Å². The fourth-order valence-electron chi connectivity index (χ4n) is 3.04. The van der Waals surface area contributed by atoms with Gasteiger partial charge in [-0.05, 0) is 30.5 Å². The number of amides is 1. The maximum atomic E-state index is 13.1. The van der Waals surface area contributed by atoms with Gasteiger partial charge in [0.25, 0.3) is 0 Å². The van der Waals surface area contributed by atoms with E-state index in [0.29, 0.717) is 39.1 Å². The predicted octanol–water partition coefficient (Wildman–Crippen LogP) is 1.08. The molecular weight excluding hydrogens is 261 g/mol. The summed E-state index contributed by atoms with van der Waals surface area (Å²) in [5.41, 5.74) is 0.208. The first-order valence-electron chi connectivity index (χ1n) is 6.93. The zero-order valence-corrected chi connectivity index (χ0v) is 11.2. The second kappa shape index (κ2) is 5.14. The largest absolute Gasteiger partial charge is 0.389 e. The van der Waals surface area contributed by atoms with Gasteiger partial charge in [-0.1, -0.05) is 12.1 Å². The van der Waals surface area contributed by atoms with Gasteiger partial charge in [-0.25, -0.2) is 4.39 Å². The molecule has 5 heteroatoms. The molecule has 0 saturated carbocycles. The summed E-state index contributed by atoms with van der Waals surface area (Å²) >= 11 is 0. The van der Waals surface area contributed by atoms with Gasteiger partial charge in [0.1, 0.15) is 5.82 Å². The molecule has 0 spiro atoms. The summed E-state index contributed by atoms with van der Waals surface area (Å²) in [7, 11) is 0. The van der Waals surface area contributed by atoms with Gasteiger partial charge in [-0.15, -0.1) is 0 Å². The summed E-state index contributed by atoms with van der Waals surface area (Å²) in [6.07, 6.45) is 0.790. The van der Waals surface area contributed by atoms with Crippen molar-refractivity contribution in [2.45, 2.75) is 24.4 Å². The van der Waals surface area contributed by atoms with E-state index in [-0.39, 0.29) is 11.7 Å². The molecule has 1 amide bonds. The third-order valence-electron chi connectivity index (χ3n) is 4.30. The van der Waals surface area contributed by atoms with Gasteiger partial charge in [0.2, 0.25) is 5.91 Å². The van der Waals surface area contributed by atoms with Crippen molar-refractivity contribution in [3.05, 3.63) is 35.6 Å². The van der Waals surface area contributed by atoms with E-state index in [9.17, 15) is 14.3 Å². The van der Waals surface area contributed by atoms with Crippen molar-refractivity contribution in [1.82, 2.24) is 4.90 Å². The highest BCUT2D eigenvalue weighted by Crippen LogP contribution is 2.37. The number of carbonyl (C=O) groups excluding carboxylic acids is 1. The number of aliphatic hydroxyl groups excluding tert-OH is 1. The molecule has 0 aliphatic carbocycles. The van der Waals surface area contributed by atoms with Crippen LogP contribution < -0.4 is 0 Å². The predicted molar refractivity (Wildman–Crippen MR) is 70.7 cm³/mol. The second-order valence-corrected chi connectivity index (χ2v) is 5.57. The Hall–Kier alpha value is -1.46. The monoisotopic (exact) mass is 279 g/mol. The summed E-state index contributed by atoms with van der Waals surface area (Å²) in [5, 5.41) is 9.39. The lowest BCUT2D eigenvalue weighted by Gasteiger charge is -2.45. The maximum Gasteiger partial charge on any atom is 0.233 e. The van der Waals surface area contributed by atoms with Crippen LogP contribution in [-0.4, -0.2) is 48.3 Å². The Kier molecular flexibility index (Phi) is 3.48. The lowest BCUT2D eigenvalue weighted by molar-refractivity contribution is -0.151. The summed E-state index contributed by atoms with van der Waals surface area (Å²) in [6.45, 7) is 1.84. The first kappa shape index (κ1) is 13.5. The maximum absolute atomic E-state index is 13.1. The van der Waals surface area contributed by atoms with Gasteiger partial charge >= 0.3 is 0 Å². The van der Waals surface area contributed by atoms with Gasteiger partial charge in [0, 0.05) is 26.3 Å². The van der Waals surface area contributed by atoms with Crippen molar-refractivity contribution in [3.8, 4) is 0 Å². The molecule has 0 unspecified atom stereocenters. The number of hydrogen-bond donors (Lipinski definition) is 1. The number of benzene rings is 1. The number of ether oxygens (including phenoxy) is 1. The smallest absolute Gasteiger partial charge is 0.233 e. The molecule has 0 bridgehead atoms. The molecule has 20 heavy (non-hydrogen) atoms. The number of halogens is 1. The summed E-state index contributed by atoms with van der Waals surface area (Å²) < 4.78 is 18.5. The number of carbonyl (C=O) groups is 1. The Morgan fingerprint density at radius 2 is 1.85 bits per heavy atom. The normalized spacial score (nSPS) is 22.4. The van der Waals surface area contributed by atoms with Crippen molar-refractivity contribution >= 4 is 5.91 Å². The summed E-state index contributed by atoms with van der Waals surface area (Å²) in [6, 6.07) is 6.17. The number of hydrogen-bond acceptors (Lipinski definition) is 3. The highest BCUT2D eigenvalue weighted by atomic mass is 19.1. The number of aliphatic hydroxyl groups is 1. The molecule has 1 N–H and O–H groups in total. The first-order valence-corrected chi connectivity index (χ1v) is 6.93. The Morgan fingerprint density at radius 3 is 2.40 bits per heavy atom. The molecule has 2 aliphatic heterocycles. The summed E-state index contributed by atoms with van der Waals surface area (Å²) in [4.78, 5) is 14.5. The van der Waals surface area contributed by atoms with E-state index in [4.69, 9.17) is 4.74 Å². The highest BCUT2D eigenvalue weighted by molar-refractivity contribution is 5.89. The average Bonchev–Trinajstić information content (AvgIpc) is 2.45. The SMILES string of the molecule is O=C(N1CC(O)C1)C1(c2ccc(F)cc2)CCOCC1. The van der Waals surface area contributed by atoms with Crippen LogP contribution in [0.5, 0.6) is 0 Å². The molecule has 2 fully saturated rings. The molecule has 1 aromatic rings. The molecule has 108 valence electrons. The number of β-amino-alcohol motifs (C(OH)–C–C–N with tert-alkyl or cyclic N) is 1. The van der Waals surface area contributed by atoms with Crippen molar-refractivity contribution in [3.63, 3.8) is 0 Å². The highest BCUT2D eigenvalue weighted by Gasteiger charge is 2.46. The van der Waals surface area contributed by atoms with Crippen LogP contribution >= 0.6 is 0 Å². The fraction of sp³-hybridized carbons (Fsp3) is 0.533. The molecule has 1 aromatic carbocycles. The minimum atomic E-state index is -0.633. The molecule has 2 heterocycles. The Morgan fingerprint density at radius 1 is 1.25 bits per heavy atom. The van der Waals surface area contributed by atoms with Crippen LogP contribution in [0.25, 0.3) is 0 Å². The van der Waals surface area contributed by atoms with Crippen molar-refractivity contribution < 1.29 is 19.0 Å². The first-order chi connectivity index (χ1) is 9.62. The van der Waals surface area contributed by atoms with Crippen LogP contribution in [0.2, 0.25) is 0 Å². The van der Waals surface area contributed by atoms with Gasteiger partial charge in [0.15, 0.2) is 0 Å². The molecule has 0 aromatic heterocycles. The van der Waals surface area contributed by atoms with Crippen LogP contribution in [0.1, 0.15) is 18.4 Å². The molecule has 0 atom stereocenters. The molecule has 3 rings (SSSR count). The van der Waals surface area contributed by atoms with E-state index in [1.165, 1.54) is 12.1 Å². The van der Waals surface area contributed by atoms with Crippen molar-refractivity contribution in [1.29, 1.82) is 0 Å². The second-order valence-electron chi connectivity index (χ2n) is 5.57. The van der Waals surface area contributed by atoms with Gasteiger partial charge in [-0.3, -0.25) is 4.79 Å². The van der Waals surface area contributed by atoms with Crippen LogP contribution in [0.3, 0.4) is 0 Å². The quantitative estimate of drug-likeness (QED) is 0.881. The molecular formula is C15H18FNO3. The Bertz CT molecular complexity index is 490. The minimum Gasteiger partial charge on any atom is -0.389 e. The van der Waals surface area contributed by atoms with E-state index >= 15 is 0 Å². The third kappa shape index (κ3) is 2.21. The fourth-order valence-corrected chi connectivity index (χ4v) is 3.04. The topological polar surface area (TPSA) is 49.8 Å². The number of nitrogens with zero attached hydrogens (tertiary/aromatic N) is 1. The van der Waals surface area contributed by atoms with E-state index in [1.807, 2.05) is 0 Å². The van der Waals surface area contributed by atoms with E-state index in [2.05, 4.69) is 0 Å². The van der Waals surface area contributed by atoms with Crippen LogP contribution in [0, 0.1) is 5.82 Å². The minimum absolute atomic E-state index is 0.0257. The van der Waals surface area contributed by atoms with Gasteiger partial charge in [-0.2, -0.15) is 0 Å². The molecule has 2 saturated heterocycles.